The van der Waals surface area contributed by atoms with Crippen LogP contribution < -0.4 is 19.6 Å². The van der Waals surface area contributed by atoms with Crippen LogP contribution in [0.4, 0.5) is 0 Å². The maximum Gasteiger partial charge on any atom is 0.338 e. The number of ether oxygens (including phenoxy) is 2. The maximum absolute atomic E-state index is 14.0. The van der Waals surface area contributed by atoms with Gasteiger partial charge in [-0.3, -0.25) is 9.36 Å². The summed E-state index contributed by atoms with van der Waals surface area (Å²) in [5.74, 6) is 0.125. The van der Waals surface area contributed by atoms with E-state index in [1.807, 2.05) is 54.6 Å². The van der Waals surface area contributed by atoms with Gasteiger partial charge in [-0.25, -0.2) is 9.79 Å². The largest absolute Gasteiger partial charge is 0.487 e. The third kappa shape index (κ3) is 6.43. The number of hydrogen-bond acceptors (Lipinski definition) is 6. The molecule has 0 amide bonds. The van der Waals surface area contributed by atoms with Crippen molar-refractivity contribution in [3.05, 3.63) is 125 Å². The number of esters is 1. The van der Waals surface area contributed by atoms with E-state index in [2.05, 4.69) is 50.2 Å². The fourth-order valence-electron chi connectivity index (χ4n) is 4.55. The standard InChI is InChI=1S/C30H22Cl2I2N2O4S/c1-3-39-29(38)25-16(2)35-30-36(26(25)21-9-4-5-10-22(21)32)28(37)24(41-30)13-18-12-20(33)14-23(34)27(18)40-15-17-7-6-8-19(31)11-17/h4-14,26H,3,15H2,1-2H3/b24-13-/t26-/m0/s1. The number of nitrogens with zero attached hydrogens (tertiary/aromatic N) is 2. The number of thiazole rings is 1. The van der Waals surface area contributed by atoms with E-state index in [-0.39, 0.29) is 17.7 Å². The molecule has 0 aliphatic carbocycles. The predicted octanol–water partition coefficient (Wildman–Crippen LogP) is 6.89. The highest BCUT2D eigenvalue weighted by Crippen LogP contribution is 2.35. The minimum absolute atomic E-state index is 0.193. The van der Waals surface area contributed by atoms with Crippen LogP contribution in [0, 0.1) is 7.14 Å². The minimum Gasteiger partial charge on any atom is -0.487 e. The van der Waals surface area contributed by atoms with Gasteiger partial charge >= 0.3 is 5.97 Å². The molecule has 0 N–H and O–H groups in total. The van der Waals surface area contributed by atoms with E-state index in [9.17, 15) is 9.59 Å². The highest BCUT2D eigenvalue weighted by Gasteiger charge is 2.34. The van der Waals surface area contributed by atoms with E-state index in [4.69, 9.17) is 32.7 Å². The molecular formula is C30H22Cl2I2N2O4S. The van der Waals surface area contributed by atoms with Gasteiger partial charge in [0.15, 0.2) is 4.80 Å². The first-order valence-electron chi connectivity index (χ1n) is 12.5. The van der Waals surface area contributed by atoms with Crippen LogP contribution in [0.5, 0.6) is 5.75 Å². The van der Waals surface area contributed by atoms with Crippen molar-refractivity contribution < 1.29 is 14.3 Å². The molecule has 0 saturated heterocycles. The first-order chi connectivity index (χ1) is 19.7. The lowest BCUT2D eigenvalue weighted by atomic mass is 9.96. The van der Waals surface area contributed by atoms with E-state index in [1.54, 1.807) is 26.0 Å². The second-order valence-corrected chi connectivity index (χ2v) is 13.3. The number of halogens is 4. The third-order valence-electron chi connectivity index (χ3n) is 6.31. The lowest BCUT2D eigenvalue weighted by Crippen LogP contribution is -2.40. The summed E-state index contributed by atoms with van der Waals surface area (Å²) in [6.07, 6.45) is 1.81. The zero-order valence-corrected chi connectivity index (χ0v) is 28.4. The molecule has 0 bridgehead atoms. The second kappa shape index (κ2) is 13.0. The SMILES string of the molecule is CCOC(=O)C1=C(C)N=c2s/c(=C\c3cc(I)cc(I)c3OCc3cccc(Cl)c3)c(=O)n2[C@H]1c1ccccc1Cl. The number of carbonyl (C=O) groups is 1. The van der Waals surface area contributed by atoms with Crippen molar-refractivity contribution in [3.63, 3.8) is 0 Å². The van der Waals surface area contributed by atoms with Crippen LogP contribution in [-0.2, 0) is 16.1 Å². The van der Waals surface area contributed by atoms with E-state index in [0.717, 1.165) is 18.3 Å². The molecule has 0 spiro atoms. The summed E-state index contributed by atoms with van der Waals surface area (Å²) >= 11 is 18.5. The van der Waals surface area contributed by atoms with Crippen LogP contribution in [0.25, 0.3) is 6.08 Å². The van der Waals surface area contributed by atoms with Gasteiger partial charge in [0.2, 0.25) is 0 Å². The van der Waals surface area contributed by atoms with Gasteiger partial charge in [0, 0.05) is 19.2 Å². The van der Waals surface area contributed by atoms with Crippen molar-refractivity contribution in [3.8, 4) is 5.75 Å². The molecular weight excluding hydrogens is 809 g/mol. The van der Waals surface area contributed by atoms with Gasteiger partial charge in [0.25, 0.3) is 5.56 Å². The van der Waals surface area contributed by atoms with Gasteiger partial charge in [-0.15, -0.1) is 0 Å². The fraction of sp³-hybridized carbons (Fsp3) is 0.167. The van der Waals surface area contributed by atoms with Crippen molar-refractivity contribution in [2.24, 2.45) is 4.99 Å². The molecule has 5 rings (SSSR count). The molecule has 3 aromatic carbocycles. The van der Waals surface area contributed by atoms with Gasteiger partial charge in [-0.05, 0) is 107 Å². The van der Waals surface area contributed by atoms with Crippen molar-refractivity contribution in [1.82, 2.24) is 4.57 Å². The topological polar surface area (TPSA) is 69.9 Å². The summed E-state index contributed by atoms with van der Waals surface area (Å²) in [4.78, 5) is 32.3. The molecule has 1 aliphatic rings. The van der Waals surface area contributed by atoms with Crippen molar-refractivity contribution in [2.45, 2.75) is 26.5 Å². The molecule has 11 heteroatoms. The second-order valence-electron chi connectivity index (χ2n) is 9.05. The lowest BCUT2D eigenvalue weighted by Gasteiger charge is -2.25. The summed E-state index contributed by atoms with van der Waals surface area (Å²) in [7, 11) is 0. The van der Waals surface area contributed by atoms with Gasteiger partial charge < -0.3 is 9.47 Å². The predicted molar refractivity (Wildman–Crippen MR) is 180 cm³/mol. The Bertz CT molecular complexity index is 1880. The zero-order valence-electron chi connectivity index (χ0n) is 21.8. The summed E-state index contributed by atoms with van der Waals surface area (Å²) in [5, 5.41) is 1.07. The molecule has 4 aromatic rings. The Kier molecular flexibility index (Phi) is 9.59. The molecule has 0 radical (unpaired) electrons. The average Bonchev–Trinajstić information content (AvgIpc) is 3.22. The molecule has 41 heavy (non-hydrogen) atoms. The number of fused-ring (bicyclic) bond motifs is 1. The molecule has 1 aliphatic heterocycles. The van der Waals surface area contributed by atoms with Crippen LogP contribution in [0.1, 0.15) is 36.6 Å². The Labute approximate surface area is 277 Å². The maximum atomic E-state index is 14.0. The average molecular weight is 831 g/mol. The first-order valence-corrected chi connectivity index (χ1v) is 16.2. The Hall–Kier alpha value is -2.19. The normalized spacial score (nSPS) is 15.0. The molecule has 0 saturated carbocycles. The van der Waals surface area contributed by atoms with E-state index in [1.165, 1.54) is 15.9 Å². The molecule has 0 unspecified atom stereocenters. The Morgan fingerprint density at radius 2 is 1.90 bits per heavy atom. The van der Waals surface area contributed by atoms with Crippen LogP contribution in [-0.4, -0.2) is 17.1 Å². The summed E-state index contributed by atoms with van der Waals surface area (Å²) in [6, 6.07) is 17.9. The third-order valence-corrected chi connectivity index (χ3v) is 9.30. The molecule has 0 fully saturated rings. The molecule has 2 heterocycles. The van der Waals surface area contributed by atoms with Crippen LogP contribution >= 0.6 is 79.7 Å². The smallest absolute Gasteiger partial charge is 0.338 e. The summed E-state index contributed by atoms with van der Waals surface area (Å²) in [6.45, 7) is 3.99. The molecule has 6 nitrogen and oxygen atoms in total. The lowest BCUT2D eigenvalue weighted by molar-refractivity contribution is -0.139. The van der Waals surface area contributed by atoms with Crippen molar-refractivity contribution in [1.29, 1.82) is 0 Å². The highest BCUT2D eigenvalue weighted by molar-refractivity contribution is 14.1. The van der Waals surface area contributed by atoms with E-state index >= 15 is 0 Å². The van der Waals surface area contributed by atoms with Gasteiger partial charge in [-0.2, -0.15) is 0 Å². The van der Waals surface area contributed by atoms with Crippen LogP contribution in [0.2, 0.25) is 10.0 Å². The number of benzene rings is 3. The number of allylic oxidation sites excluding steroid dienone is 1. The highest BCUT2D eigenvalue weighted by atomic mass is 127. The number of rotatable bonds is 7. The van der Waals surface area contributed by atoms with Crippen molar-refractivity contribution in [2.75, 3.05) is 6.61 Å². The Balaban J connectivity index is 1.66. The Morgan fingerprint density at radius 1 is 1.12 bits per heavy atom. The summed E-state index contributed by atoms with van der Waals surface area (Å²) in [5.41, 5.74) is 2.78. The molecule has 1 aromatic heterocycles. The number of carbonyl (C=O) groups excluding carboxylic acids is 1. The van der Waals surface area contributed by atoms with E-state index in [0.29, 0.717) is 43.0 Å². The molecule has 210 valence electrons. The van der Waals surface area contributed by atoms with Gasteiger partial charge in [0.1, 0.15) is 18.4 Å². The Morgan fingerprint density at radius 3 is 2.63 bits per heavy atom. The van der Waals surface area contributed by atoms with Crippen molar-refractivity contribution >= 4 is 91.8 Å². The summed E-state index contributed by atoms with van der Waals surface area (Å²) < 4.78 is 15.5. The van der Waals surface area contributed by atoms with Crippen LogP contribution in [0.3, 0.4) is 0 Å². The van der Waals surface area contributed by atoms with Gasteiger partial charge in [0.05, 0.1) is 26.0 Å². The first kappa shape index (κ1) is 30.3. The number of hydrogen-bond donors (Lipinski definition) is 0. The van der Waals surface area contributed by atoms with Gasteiger partial charge in [-0.1, -0.05) is 64.9 Å². The monoisotopic (exact) mass is 830 g/mol. The van der Waals surface area contributed by atoms with E-state index < -0.39 is 12.0 Å². The fourth-order valence-corrected chi connectivity index (χ4v) is 8.08. The zero-order chi connectivity index (χ0) is 29.3. The molecule has 1 atom stereocenters. The number of aromatic nitrogens is 1. The van der Waals surface area contributed by atoms with Crippen LogP contribution in [0.15, 0.2) is 81.7 Å². The quantitative estimate of drug-likeness (QED) is 0.150. The minimum atomic E-state index is -0.782.